The second-order valence-corrected chi connectivity index (χ2v) is 8.70. The zero-order valence-electron chi connectivity index (χ0n) is 19.1. The highest BCUT2D eigenvalue weighted by molar-refractivity contribution is 5.90. The Bertz CT molecular complexity index is 1410. The summed E-state index contributed by atoms with van der Waals surface area (Å²) >= 11 is 0. The van der Waals surface area contributed by atoms with Gasteiger partial charge in [-0.15, -0.1) is 0 Å². The molecule has 3 aromatic rings. The molecule has 11 heteroatoms. The summed E-state index contributed by atoms with van der Waals surface area (Å²) in [5.41, 5.74) is -1.91. The van der Waals surface area contributed by atoms with Crippen molar-refractivity contribution in [1.82, 2.24) is 19.2 Å². The fraction of sp³-hybridized carbons (Fsp3) is 0.391. The average Bonchev–Trinajstić information content (AvgIpc) is 3.61. The number of fused-ring (bicyclic) bond motifs is 1. The lowest BCUT2D eigenvalue weighted by Crippen LogP contribution is -2.38. The van der Waals surface area contributed by atoms with E-state index in [1.165, 1.54) is 43.9 Å². The minimum absolute atomic E-state index is 0.0526. The molecule has 1 atom stereocenters. The molecule has 1 aliphatic carbocycles. The lowest BCUT2D eigenvalue weighted by molar-refractivity contribution is -0.156. The van der Waals surface area contributed by atoms with Crippen molar-refractivity contribution in [2.75, 3.05) is 19.4 Å². The maximum absolute atomic E-state index is 15.2. The largest absolute Gasteiger partial charge is 0.361 e. The number of likely N-dealkylation sites (N-methyl/N-ethyl adjacent to an activating group) is 1. The SMILES string of the molecule is C[C@@H](Nc1nn(C)c(=O)c2cc(=O)n(C3CC3)cc12)c1cccc(C(F)(F)C(=O)N(C)C)c1F. The standard InChI is InChI=1S/C23H24F3N5O3/c1-12(14-6-5-7-17(19(14)24)23(25,26)22(34)29(2)3)27-20-16-11-31(13-8-9-13)18(32)10-15(16)21(33)30(4)28-20/h5-7,10-13H,8-9H2,1-4H3,(H,27,28)/t12-/m1/s1. The fourth-order valence-corrected chi connectivity index (χ4v) is 3.89. The molecule has 1 fully saturated rings. The molecule has 180 valence electrons. The summed E-state index contributed by atoms with van der Waals surface area (Å²) in [4.78, 5) is 37.6. The van der Waals surface area contributed by atoms with E-state index in [0.717, 1.165) is 23.6 Å². The third-order valence-corrected chi connectivity index (χ3v) is 5.91. The summed E-state index contributed by atoms with van der Waals surface area (Å²) in [6.07, 6.45) is 3.25. The monoisotopic (exact) mass is 475 g/mol. The Labute approximate surface area is 192 Å². The maximum atomic E-state index is 15.2. The lowest BCUT2D eigenvalue weighted by Gasteiger charge is -2.23. The molecule has 0 radical (unpaired) electrons. The Hall–Kier alpha value is -3.63. The molecule has 1 saturated carbocycles. The van der Waals surface area contributed by atoms with Crippen molar-refractivity contribution in [3.05, 3.63) is 68.1 Å². The van der Waals surface area contributed by atoms with E-state index < -0.39 is 34.8 Å². The van der Waals surface area contributed by atoms with Crippen molar-refractivity contribution in [3.8, 4) is 0 Å². The molecule has 0 unspecified atom stereocenters. The Balaban J connectivity index is 1.77. The first-order chi connectivity index (χ1) is 15.9. The van der Waals surface area contributed by atoms with Gasteiger partial charge in [0.2, 0.25) is 0 Å². The molecule has 1 aliphatic rings. The molecular weight excluding hydrogens is 451 g/mol. The molecule has 1 amide bonds. The zero-order chi connectivity index (χ0) is 24.9. The zero-order valence-corrected chi connectivity index (χ0v) is 19.1. The molecule has 0 bridgehead atoms. The Morgan fingerprint density at radius 3 is 2.53 bits per heavy atom. The summed E-state index contributed by atoms with van der Waals surface area (Å²) < 4.78 is 47.1. The van der Waals surface area contributed by atoms with E-state index in [2.05, 4.69) is 10.4 Å². The Kier molecular flexibility index (Phi) is 5.74. The van der Waals surface area contributed by atoms with Crippen LogP contribution in [-0.4, -0.2) is 39.3 Å². The summed E-state index contributed by atoms with van der Waals surface area (Å²) in [6.45, 7) is 1.55. The number of hydrogen-bond acceptors (Lipinski definition) is 5. The minimum Gasteiger partial charge on any atom is -0.361 e. The van der Waals surface area contributed by atoms with Crippen molar-refractivity contribution in [1.29, 1.82) is 0 Å². The van der Waals surface area contributed by atoms with Crippen LogP contribution in [0.15, 0.2) is 40.1 Å². The first-order valence-corrected chi connectivity index (χ1v) is 10.7. The highest BCUT2D eigenvalue weighted by atomic mass is 19.3. The minimum atomic E-state index is -4.05. The molecule has 34 heavy (non-hydrogen) atoms. The molecule has 1 N–H and O–H groups in total. The number of nitrogens with zero attached hydrogens (tertiary/aromatic N) is 4. The second kappa shape index (κ2) is 8.30. The summed E-state index contributed by atoms with van der Waals surface area (Å²) in [6, 6.07) is 3.90. The number of nitrogens with one attached hydrogen (secondary N) is 1. The van der Waals surface area contributed by atoms with Crippen molar-refractivity contribution >= 4 is 22.5 Å². The van der Waals surface area contributed by atoms with Gasteiger partial charge in [-0.25, -0.2) is 9.07 Å². The number of rotatable bonds is 6. The highest BCUT2D eigenvalue weighted by Gasteiger charge is 2.45. The second-order valence-electron chi connectivity index (χ2n) is 8.70. The molecule has 4 rings (SSSR count). The number of benzene rings is 1. The number of carbonyl (C=O) groups excluding carboxylic acids is 1. The van der Waals surface area contributed by atoms with Crippen LogP contribution in [0.5, 0.6) is 0 Å². The van der Waals surface area contributed by atoms with Crippen LogP contribution in [0.2, 0.25) is 0 Å². The van der Waals surface area contributed by atoms with Crippen molar-refractivity contribution in [3.63, 3.8) is 0 Å². The summed E-state index contributed by atoms with van der Waals surface area (Å²) in [7, 11) is 3.75. The molecule has 0 saturated heterocycles. The van der Waals surface area contributed by atoms with Gasteiger partial charge in [-0.1, -0.05) is 12.1 Å². The van der Waals surface area contributed by atoms with Gasteiger partial charge in [-0.3, -0.25) is 14.4 Å². The Morgan fingerprint density at radius 1 is 1.24 bits per heavy atom. The average molecular weight is 475 g/mol. The van der Waals surface area contributed by atoms with Gasteiger partial charge in [0.1, 0.15) is 5.82 Å². The van der Waals surface area contributed by atoms with Gasteiger partial charge in [-0.05, 0) is 25.8 Å². The molecular formula is C23H24F3N5O3. The number of pyridine rings is 1. The number of hydrogen-bond donors (Lipinski definition) is 1. The van der Waals surface area contributed by atoms with Gasteiger partial charge in [0.05, 0.1) is 17.0 Å². The first kappa shape index (κ1) is 23.5. The van der Waals surface area contributed by atoms with Crippen molar-refractivity contribution in [2.45, 2.75) is 37.8 Å². The van der Waals surface area contributed by atoms with Crippen molar-refractivity contribution in [2.24, 2.45) is 7.05 Å². The van der Waals surface area contributed by atoms with Crippen LogP contribution in [0.25, 0.3) is 10.8 Å². The van der Waals surface area contributed by atoms with Crippen LogP contribution in [0.3, 0.4) is 0 Å². The number of aryl methyl sites for hydroxylation is 1. The number of amides is 1. The normalized spacial score (nSPS) is 14.8. The number of alkyl halides is 2. The predicted octanol–water partition coefficient (Wildman–Crippen LogP) is 2.92. The third kappa shape index (κ3) is 3.95. The third-order valence-electron chi connectivity index (χ3n) is 5.91. The van der Waals surface area contributed by atoms with E-state index in [1.807, 2.05) is 0 Å². The van der Waals surface area contributed by atoms with Crippen LogP contribution in [-0.2, 0) is 17.8 Å². The molecule has 2 aromatic heterocycles. The fourth-order valence-electron chi connectivity index (χ4n) is 3.89. The highest BCUT2D eigenvalue weighted by Crippen LogP contribution is 2.36. The van der Waals surface area contributed by atoms with E-state index in [0.29, 0.717) is 10.3 Å². The van der Waals surface area contributed by atoms with Crippen LogP contribution >= 0.6 is 0 Å². The molecule has 2 heterocycles. The van der Waals surface area contributed by atoms with Gasteiger partial charge >= 0.3 is 5.92 Å². The smallest absolute Gasteiger partial charge is 0.352 e. The maximum Gasteiger partial charge on any atom is 0.352 e. The van der Waals surface area contributed by atoms with Crippen LogP contribution in [0, 0.1) is 5.82 Å². The van der Waals surface area contributed by atoms with Crippen molar-refractivity contribution < 1.29 is 18.0 Å². The van der Waals surface area contributed by atoms with E-state index >= 15 is 4.39 Å². The van der Waals surface area contributed by atoms with E-state index in [9.17, 15) is 23.2 Å². The predicted molar refractivity (Wildman–Crippen MR) is 121 cm³/mol. The van der Waals surface area contributed by atoms with E-state index in [4.69, 9.17) is 0 Å². The van der Waals surface area contributed by atoms with Crippen LogP contribution in [0.4, 0.5) is 19.0 Å². The Morgan fingerprint density at radius 2 is 1.91 bits per heavy atom. The molecule has 8 nitrogen and oxygen atoms in total. The van der Waals surface area contributed by atoms with Crippen LogP contribution in [0.1, 0.15) is 43.0 Å². The number of halogens is 3. The van der Waals surface area contributed by atoms with Gasteiger partial charge in [0.15, 0.2) is 5.82 Å². The molecule has 0 aliphatic heterocycles. The lowest BCUT2D eigenvalue weighted by atomic mass is 9.99. The number of carbonyl (C=O) groups is 1. The summed E-state index contributed by atoms with van der Waals surface area (Å²) in [5, 5.41) is 7.71. The quantitative estimate of drug-likeness (QED) is 0.592. The first-order valence-electron chi connectivity index (χ1n) is 10.7. The van der Waals surface area contributed by atoms with Gasteiger partial charge in [0.25, 0.3) is 17.0 Å². The number of anilines is 1. The van der Waals surface area contributed by atoms with E-state index in [1.54, 1.807) is 13.1 Å². The molecule has 0 spiro atoms. The summed E-state index contributed by atoms with van der Waals surface area (Å²) in [5.74, 6) is -6.61. The van der Waals surface area contributed by atoms with Gasteiger partial charge < -0.3 is 14.8 Å². The molecule has 1 aromatic carbocycles. The van der Waals surface area contributed by atoms with Gasteiger partial charge in [-0.2, -0.15) is 13.9 Å². The van der Waals surface area contributed by atoms with E-state index in [-0.39, 0.29) is 28.4 Å². The van der Waals surface area contributed by atoms with Gasteiger partial charge in [0, 0.05) is 50.4 Å². The van der Waals surface area contributed by atoms with Crippen LogP contribution < -0.4 is 16.4 Å². The number of aromatic nitrogens is 3. The topological polar surface area (TPSA) is 89.2 Å².